The van der Waals surface area contributed by atoms with Crippen LogP contribution in [0.3, 0.4) is 0 Å². The van der Waals surface area contributed by atoms with E-state index in [1.165, 1.54) is 0 Å². The van der Waals surface area contributed by atoms with E-state index in [-0.39, 0.29) is 0 Å². The van der Waals surface area contributed by atoms with Gasteiger partial charge < -0.3 is 10.1 Å². The molecule has 0 aliphatic carbocycles. The second-order valence-electron chi connectivity index (χ2n) is 3.24. The second-order valence-corrected chi connectivity index (χ2v) is 3.24. The summed E-state index contributed by atoms with van der Waals surface area (Å²) in [6, 6.07) is 0. The summed E-state index contributed by atoms with van der Waals surface area (Å²) >= 11 is 0. The van der Waals surface area contributed by atoms with Crippen molar-refractivity contribution >= 4 is 0 Å². The van der Waals surface area contributed by atoms with Crippen molar-refractivity contribution in [2.75, 3.05) is 20.2 Å². The third-order valence-corrected chi connectivity index (χ3v) is 1.88. The van der Waals surface area contributed by atoms with E-state index in [0.29, 0.717) is 13.0 Å². The first kappa shape index (κ1) is 12.7. The summed E-state index contributed by atoms with van der Waals surface area (Å²) in [6.07, 6.45) is -3.70. The van der Waals surface area contributed by atoms with Crippen molar-refractivity contribution in [1.82, 2.24) is 5.32 Å². The smallest absolute Gasteiger partial charge is 0.365 e. The molecule has 0 radical (unpaired) electrons. The normalized spacial score (nSPS) is 17.1. The Kier molecular flexibility index (Phi) is 4.70. The quantitative estimate of drug-likeness (QED) is 0.730. The third-order valence-electron chi connectivity index (χ3n) is 1.88. The number of hydrogen-bond acceptors (Lipinski definition) is 2. The number of nitrogens with one attached hydrogen (secondary N) is 1. The van der Waals surface area contributed by atoms with Crippen LogP contribution >= 0.6 is 0 Å². The van der Waals surface area contributed by atoms with Crippen LogP contribution in [0, 0.1) is 0 Å². The number of ether oxygens (including phenoxy) is 1. The number of rotatable bonds is 5. The first-order chi connectivity index (χ1) is 5.83. The highest BCUT2D eigenvalue weighted by molar-refractivity contribution is 4.75. The molecule has 0 saturated carbocycles. The molecule has 0 spiro atoms. The zero-order valence-corrected chi connectivity index (χ0v) is 8.16. The van der Waals surface area contributed by atoms with Crippen LogP contribution in [-0.4, -0.2) is 32.0 Å². The zero-order chi connectivity index (χ0) is 10.5. The van der Waals surface area contributed by atoms with E-state index in [4.69, 9.17) is 4.74 Å². The van der Waals surface area contributed by atoms with Crippen molar-refractivity contribution in [3.8, 4) is 0 Å². The molecule has 0 aromatic rings. The van der Waals surface area contributed by atoms with Crippen molar-refractivity contribution < 1.29 is 17.9 Å². The SMILES string of the molecule is CCC(C)(CNC)OCC(F)(F)F. The van der Waals surface area contributed by atoms with Crippen LogP contribution in [0.15, 0.2) is 0 Å². The molecule has 1 atom stereocenters. The molecule has 13 heavy (non-hydrogen) atoms. The van der Waals surface area contributed by atoms with Crippen LogP contribution in [0.25, 0.3) is 0 Å². The molecule has 2 nitrogen and oxygen atoms in total. The predicted octanol–water partition coefficient (Wildman–Crippen LogP) is 1.95. The van der Waals surface area contributed by atoms with Crippen LogP contribution in [-0.2, 0) is 4.74 Å². The Balaban J connectivity index is 3.97. The molecule has 80 valence electrons. The van der Waals surface area contributed by atoms with Crippen molar-refractivity contribution in [3.05, 3.63) is 0 Å². The third kappa shape index (κ3) is 5.87. The second kappa shape index (κ2) is 4.81. The van der Waals surface area contributed by atoms with Crippen molar-refractivity contribution in [1.29, 1.82) is 0 Å². The summed E-state index contributed by atoms with van der Waals surface area (Å²) in [6.45, 7) is 2.70. The summed E-state index contributed by atoms with van der Waals surface area (Å²) in [7, 11) is 1.69. The molecule has 0 rings (SSSR count). The summed E-state index contributed by atoms with van der Waals surface area (Å²) < 4.78 is 40.2. The van der Waals surface area contributed by atoms with Crippen molar-refractivity contribution in [2.45, 2.75) is 32.0 Å². The van der Waals surface area contributed by atoms with Crippen molar-refractivity contribution in [2.24, 2.45) is 0 Å². The summed E-state index contributed by atoms with van der Waals surface area (Å²) in [5, 5.41) is 2.80. The van der Waals surface area contributed by atoms with Gasteiger partial charge in [0, 0.05) is 6.54 Å². The Hall–Kier alpha value is -0.290. The minimum Gasteiger partial charge on any atom is -0.365 e. The molecular weight excluding hydrogens is 183 g/mol. The molecule has 1 unspecified atom stereocenters. The number of hydrogen-bond donors (Lipinski definition) is 1. The van der Waals surface area contributed by atoms with Gasteiger partial charge in [-0.2, -0.15) is 13.2 Å². The van der Waals surface area contributed by atoms with Gasteiger partial charge in [-0.05, 0) is 20.4 Å². The summed E-state index contributed by atoms with van der Waals surface area (Å²) in [4.78, 5) is 0. The molecule has 0 amide bonds. The van der Waals surface area contributed by atoms with Gasteiger partial charge >= 0.3 is 6.18 Å². The van der Waals surface area contributed by atoms with E-state index in [1.807, 2.05) is 0 Å². The molecule has 1 N–H and O–H groups in total. The zero-order valence-electron chi connectivity index (χ0n) is 8.16. The molecule has 5 heteroatoms. The van der Waals surface area contributed by atoms with E-state index in [2.05, 4.69) is 5.32 Å². The van der Waals surface area contributed by atoms with E-state index >= 15 is 0 Å². The molecule has 0 saturated heterocycles. The van der Waals surface area contributed by atoms with Gasteiger partial charge in [-0.1, -0.05) is 6.92 Å². The Morgan fingerprint density at radius 2 is 1.85 bits per heavy atom. The minimum absolute atomic E-state index is 0.416. The van der Waals surface area contributed by atoms with Crippen LogP contribution in [0.1, 0.15) is 20.3 Å². The minimum atomic E-state index is -4.25. The fraction of sp³-hybridized carbons (Fsp3) is 1.00. The molecule has 0 aromatic heterocycles. The monoisotopic (exact) mass is 199 g/mol. The fourth-order valence-electron chi connectivity index (χ4n) is 0.908. The Labute approximate surface area is 76.5 Å². The van der Waals surface area contributed by atoms with Gasteiger partial charge in [-0.3, -0.25) is 0 Å². The van der Waals surface area contributed by atoms with Gasteiger partial charge in [0.05, 0.1) is 5.60 Å². The van der Waals surface area contributed by atoms with Crippen LogP contribution in [0.4, 0.5) is 13.2 Å². The van der Waals surface area contributed by atoms with Gasteiger partial charge in [0.15, 0.2) is 0 Å². The Morgan fingerprint density at radius 1 is 1.31 bits per heavy atom. The van der Waals surface area contributed by atoms with Crippen LogP contribution < -0.4 is 5.32 Å². The molecule has 0 aliphatic heterocycles. The van der Waals surface area contributed by atoms with Crippen LogP contribution in [0.2, 0.25) is 0 Å². The highest BCUT2D eigenvalue weighted by Crippen LogP contribution is 2.21. The largest absolute Gasteiger partial charge is 0.411 e. The maximum atomic E-state index is 11.8. The van der Waals surface area contributed by atoms with Gasteiger partial charge in [0.1, 0.15) is 6.61 Å². The lowest BCUT2D eigenvalue weighted by atomic mass is 10.0. The predicted molar refractivity (Wildman–Crippen MR) is 44.6 cm³/mol. The lowest BCUT2D eigenvalue weighted by Crippen LogP contribution is -2.41. The highest BCUT2D eigenvalue weighted by atomic mass is 19.4. The van der Waals surface area contributed by atoms with Gasteiger partial charge in [0.25, 0.3) is 0 Å². The summed E-state index contributed by atoms with van der Waals surface area (Å²) in [5.74, 6) is 0. The van der Waals surface area contributed by atoms with E-state index in [0.717, 1.165) is 0 Å². The lowest BCUT2D eigenvalue weighted by molar-refractivity contribution is -0.202. The fourth-order valence-corrected chi connectivity index (χ4v) is 0.908. The van der Waals surface area contributed by atoms with E-state index in [1.54, 1.807) is 20.9 Å². The topological polar surface area (TPSA) is 21.3 Å². The maximum Gasteiger partial charge on any atom is 0.411 e. The molecule has 0 aromatic carbocycles. The van der Waals surface area contributed by atoms with E-state index < -0.39 is 18.4 Å². The molecule has 0 heterocycles. The van der Waals surface area contributed by atoms with Gasteiger partial charge in [-0.25, -0.2) is 0 Å². The van der Waals surface area contributed by atoms with Crippen LogP contribution in [0.5, 0.6) is 0 Å². The lowest BCUT2D eigenvalue weighted by Gasteiger charge is -2.28. The van der Waals surface area contributed by atoms with Crippen molar-refractivity contribution in [3.63, 3.8) is 0 Å². The maximum absolute atomic E-state index is 11.8. The number of likely N-dealkylation sites (N-methyl/N-ethyl adjacent to an activating group) is 1. The molecule has 0 bridgehead atoms. The average molecular weight is 199 g/mol. The number of halogens is 3. The van der Waals surface area contributed by atoms with Gasteiger partial charge in [-0.15, -0.1) is 0 Å². The molecule has 0 aliphatic rings. The Bertz CT molecular complexity index is 149. The highest BCUT2D eigenvalue weighted by Gasteiger charge is 2.32. The molecular formula is C8H16F3NO. The first-order valence-electron chi connectivity index (χ1n) is 4.18. The first-order valence-corrected chi connectivity index (χ1v) is 4.18. The van der Waals surface area contributed by atoms with E-state index in [9.17, 15) is 13.2 Å². The van der Waals surface area contributed by atoms with Gasteiger partial charge in [0.2, 0.25) is 0 Å². The standard InChI is InChI=1S/C8H16F3NO/c1-4-7(2,5-12-3)13-6-8(9,10)11/h12H,4-6H2,1-3H3. The summed E-state index contributed by atoms with van der Waals surface area (Å²) in [5.41, 5.74) is -0.732. The Morgan fingerprint density at radius 3 is 2.15 bits per heavy atom. The molecule has 0 fully saturated rings. The number of alkyl halides is 3. The average Bonchev–Trinajstić information content (AvgIpc) is 2.01.